The first kappa shape index (κ1) is 19.7. The normalized spacial score (nSPS) is 17.8. The molecule has 1 aliphatic rings. The van der Waals surface area contributed by atoms with Crippen molar-refractivity contribution in [2.75, 3.05) is 5.75 Å². The lowest BCUT2D eigenvalue weighted by Crippen LogP contribution is -2.37. The van der Waals surface area contributed by atoms with Crippen molar-refractivity contribution >= 4 is 17.5 Å². The van der Waals surface area contributed by atoms with Crippen LogP contribution in [-0.2, 0) is 18.4 Å². The standard InChI is InChI=1S/C23H26N4OS/c1-6-12-26-21-24-19-17-11-9-8-10-16(17)13-23(5,7-2)18(19)20(28)27(21)22(25-26)29-14-15(3)4/h6,8-11H,1,3,7,12-14H2,2,4-5H3/t23-/m0/s1. The van der Waals surface area contributed by atoms with Crippen molar-refractivity contribution in [1.29, 1.82) is 0 Å². The number of benzene rings is 1. The summed E-state index contributed by atoms with van der Waals surface area (Å²) in [5.74, 6) is 1.27. The van der Waals surface area contributed by atoms with Crippen molar-refractivity contribution in [3.05, 3.63) is 70.6 Å². The highest BCUT2D eigenvalue weighted by atomic mass is 32.2. The average Bonchev–Trinajstić information content (AvgIpc) is 3.04. The maximum absolute atomic E-state index is 13.8. The van der Waals surface area contributed by atoms with E-state index in [9.17, 15) is 4.79 Å². The molecule has 2 aromatic heterocycles. The molecule has 0 unspecified atom stereocenters. The van der Waals surface area contributed by atoms with Crippen molar-refractivity contribution in [2.24, 2.45) is 0 Å². The Bertz CT molecular complexity index is 1190. The minimum absolute atomic E-state index is 0.0108. The Balaban J connectivity index is 2.07. The van der Waals surface area contributed by atoms with Gasteiger partial charge in [-0.3, -0.25) is 4.79 Å². The Morgan fingerprint density at radius 3 is 2.83 bits per heavy atom. The molecule has 0 saturated carbocycles. The average molecular weight is 407 g/mol. The molecule has 1 aromatic carbocycles. The van der Waals surface area contributed by atoms with E-state index in [1.165, 1.54) is 17.3 Å². The first-order valence-electron chi connectivity index (χ1n) is 9.90. The molecule has 1 aliphatic carbocycles. The molecule has 4 rings (SSSR count). The Morgan fingerprint density at radius 1 is 1.38 bits per heavy atom. The minimum atomic E-state index is -0.258. The molecule has 2 heterocycles. The molecule has 0 radical (unpaired) electrons. The minimum Gasteiger partial charge on any atom is -0.268 e. The number of thioether (sulfide) groups is 1. The molecule has 29 heavy (non-hydrogen) atoms. The van der Waals surface area contributed by atoms with Gasteiger partial charge in [-0.25, -0.2) is 14.1 Å². The van der Waals surface area contributed by atoms with Crippen LogP contribution in [0.1, 0.15) is 38.3 Å². The number of nitrogens with zero attached hydrogens (tertiary/aromatic N) is 4. The van der Waals surface area contributed by atoms with E-state index >= 15 is 0 Å². The van der Waals surface area contributed by atoms with E-state index in [-0.39, 0.29) is 11.0 Å². The van der Waals surface area contributed by atoms with Gasteiger partial charge in [-0.1, -0.05) is 68.1 Å². The van der Waals surface area contributed by atoms with Crippen LogP contribution in [0.5, 0.6) is 0 Å². The van der Waals surface area contributed by atoms with Gasteiger partial charge in [0.1, 0.15) is 0 Å². The van der Waals surface area contributed by atoms with Crippen molar-refractivity contribution in [3.8, 4) is 11.3 Å². The molecular formula is C23H26N4OS. The number of aromatic nitrogens is 4. The van der Waals surface area contributed by atoms with Gasteiger partial charge >= 0.3 is 0 Å². The predicted octanol–water partition coefficient (Wildman–Crippen LogP) is 4.64. The van der Waals surface area contributed by atoms with Crippen molar-refractivity contribution < 1.29 is 0 Å². The summed E-state index contributed by atoms with van der Waals surface area (Å²) < 4.78 is 3.44. The summed E-state index contributed by atoms with van der Waals surface area (Å²) in [6, 6.07) is 8.28. The molecule has 0 fully saturated rings. The second-order valence-electron chi connectivity index (χ2n) is 8.02. The number of hydrogen-bond acceptors (Lipinski definition) is 4. The summed E-state index contributed by atoms with van der Waals surface area (Å²) in [5.41, 5.74) is 4.65. The van der Waals surface area contributed by atoms with Gasteiger partial charge in [-0.05, 0) is 25.3 Å². The predicted molar refractivity (Wildman–Crippen MR) is 120 cm³/mol. The monoisotopic (exact) mass is 406 g/mol. The first-order chi connectivity index (χ1) is 13.9. The molecule has 0 aliphatic heterocycles. The van der Waals surface area contributed by atoms with E-state index in [4.69, 9.17) is 4.98 Å². The van der Waals surface area contributed by atoms with Gasteiger partial charge in [-0.2, -0.15) is 0 Å². The molecule has 0 saturated heterocycles. The van der Waals surface area contributed by atoms with Crippen LogP contribution >= 0.6 is 11.8 Å². The fourth-order valence-corrected chi connectivity index (χ4v) is 4.85. The fraction of sp³-hybridized carbons (Fsp3) is 0.348. The van der Waals surface area contributed by atoms with E-state index in [0.29, 0.717) is 23.2 Å². The Labute approximate surface area is 175 Å². The van der Waals surface area contributed by atoms with Gasteiger partial charge in [0.05, 0.1) is 17.8 Å². The van der Waals surface area contributed by atoms with E-state index in [1.54, 1.807) is 15.2 Å². The lowest BCUT2D eigenvalue weighted by atomic mass is 9.69. The second-order valence-corrected chi connectivity index (χ2v) is 8.97. The Morgan fingerprint density at radius 2 is 2.14 bits per heavy atom. The zero-order chi connectivity index (χ0) is 20.8. The lowest BCUT2D eigenvalue weighted by Gasteiger charge is -2.35. The molecular weight excluding hydrogens is 380 g/mol. The largest absolute Gasteiger partial charge is 0.268 e. The first-order valence-corrected chi connectivity index (χ1v) is 10.9. The van der Waals surface area contributed by atoms with Gasteiger partial charge < -0.3 is 0 Å². The number of fused-ring (bicyclic) bond motifs is 4. The van der Waals surface area contributed by atoms with Gasteiger partial charge in [0.2, 0.25) is 5.78 Å². The zero-order valence-corrected chi connectivity index (χ0v) is 18.1. The third kappa shape index (κ3) is 3.15. The summed E-state index contributed by atoms with van der Waals surface area (Å²) in [6.45, 7) is 14.6. The summed E-state index contributed by atoms with van der Waals surface area (Å²) >= 11 is 1.52. The number of hydrogen-bond donors (Lipinski definition) is 0. The van der Waals surface area contributed by atoms with Crippen LogP contribution in [0, 0.1) is 0 Å². The highest BCUT2D eigenvalue weighted by Gasteiger charge is 2.38. The molecule has 0 N–H and O–H groups in total. The molecule has 0 amide bonds. The van der Waals surface area contributed by atoms with Crippen LogP contribution in [0.3, 0.4) is 0 Å². The number of allylic oxidation sites excluding steroid dienone is 1. The molecule has 1 atom stereocenters. The van der Waals surface area contributed by atoms with Crippen molar-refractivity contribution in [3.63, 3.8) is 0 Å². The topological polar surface area (TPSA) is 52.2 Å². The van der Waals surface area contributed by atoms with Crippen LogP contribution in [0.15, 0.2) is 59.0 Å². The highest BCUT2D eigenvalue weighted by Crippen LogP contribution is 2.42. The molecule has 6 heteroatoms. The quantitative estimate of drug-likeness (QED) is 0.442. The van der Waals surface area contributed by atoms with Crippen LogP contribution in [0.2, 0.25) is 0 Å². The fourth-order valence-electron chi connectivity index (χ4n) is 4.03. The van der Waals surface area contributed by atoms with Crippen LogP contribution in [0.25, 0.3) is 17.0 Å². The van der Waals surface area contributed by atoms with E-state index in [0.717, 1.165) is 35.2 Å². The highest BCUT2D eigenvalue weighted by molar-refractivity contribution is 7.99. The summed E-state index contributed by atoms with van der Waals surface area (Å²) in [7, 11) is 0. The van der Waals surface area contributed by atoms with Crippen molar-refractivity contribution in [2.45, 2.75) is 50.7 Å². The molecule has 0 bridgehead atoms. The van der Waals surface area contributed by atoms with Crippen molar-refractivity contribution in [1.82, 2.24) is 19.2 Å². The maximum atomic E-state index is 13.8. The van der Waals surface area contributed by atoms with Crippen LogP contribution in [0.4, 0.5) is 0 Å². The van der Waals surface area contributed by atoms with E-state index in [1.807, 2.05) is 13.0 Å². The van der Waals surface area contributed by atoms with Gasteiger partial charge in [0.15, 0.2) is 5.16 Å². The van der Waals surface area contributed by atoms with Crippen LogP contribution < -0.4 is 5.56 Å². The smallest absolute Gasteiger partial charge is 0.265 e. The van der Waals surface area contributed by atoms with E-state index in [2.05, 4.69) is 50.3 Å². The SMILES string of the molecule is C=CCn1nc(SCC(=C)C)n2c(=O)c3c(nc12)-c1ccccc1C[C@]3(C)CC. The van der Waals surface area contributed by atoms with Gasteiger partial charge in [0, 0.05) is 16.7 Å². The lowest BCUT2D eigenvalue weighted by molar-refractivity contribution is 0.439. The molecule has 5 nitrogen and oxygen atoms in total. The molecule has 150 valence electrons. The van der Waals surface area contributed by atoms with Gasteiger partial charge in [0.25, 0.3) is 5.56 Å². The second kappa shape index (κ2) is 7.34. The summed E-state index contributed by atoms with van der Waals surface area (Å²) in [5, 5.41) is 5.34. The maximum Gasteiger partial charge on any atom is 0.265 e. The molecule has 3 aromatic rings. The van der Waals surface area contributed by atoms with Crippen LogP contribution in [-0.4, -0.2) is 24.9 Å². The van der Waals surface area contributed by atoms with Gasteiger partial charge in [-0.15, -0.1) is 11.7 Å². The third-order valence-corrected chi connectivity index (χ3v) is 6.84. The zero-order valence-electron chi connectivity index (χ0n) is 17.2. The Hall–Kier alpha value is -2.60. The Kier molecular flexibility index (Phi) is 4.99. The van der Waals surface area contributed by atoms with E-state index < -0.39 is 0 Å². The molecule has 0 spiro atoms. The summed E-state index contributed by atoms with van der Waals surface area (Å²) in [4.78, 5) is 18.9. The third-order valence-electron chi connectivity index (χ3n) is 5.68. The summed E-state index contributed by atoms with van der Waals surface area (Å²) in [6.07, 6.45) is 3.48. The number of rotatable bonds is 6.